The third kappa shape index (κ3) is 1.81. The second kappa shape index (κ2) is 4.35. The number of rotatable bonds is 3. The highest BCUT2D eigenvalue weighted by atomic mass is 16.5. The number of nitrogens with one attached hydrogen (secondary N) is 1. The van der Waals surface area contributed by atoms with Crippen molar-refractivity contribution in [3.8, 4) is 11.5 Å². The Balaban J connectivity index is 1.83. The molecule has 0 aromatic heterocycles. The summed E-state index contributed by atoms with van der Waals surface area (Å²) in [4.78, 5) is 2.43. The van der Waals surface area contributed by atoms with Crippen molar-refractivity contribution < 1.29 is 9.47 Å². The van der Waals surface area contributed by atoms with E-state index in [0.29, 0.717) is 5.41 Å². The van der Waals surface area contributed by atoms with Gasteiger partial charge in [0, 0.05) is 37.7 Å². The lowest BCUT2D eigenvalue weighted by molar-refractivity contribution is 0.199. The minimum Gasteiger partial charge on any atom is -0.497 e. The molecular weight excluding hydrogens is 228 g/mol. The molecule has 2 aliphatic heterocycles. The molecule has 2 fully saturated rings. The lowest BCUT2D eigenvalue weighted by Crippen LogP contribution is -2.54. The summed E-state index contributed by atoms with van der Waals surface area (Å²) in [5.41, 5.74) is 1.69. The molecule has 1 aromatic rings. The standard InChI is InChI=1S/C14H20N2O2/c1-17-11-3-4-12(13(7-11)18-2)16-6-5-14(10-16)8-15-9-14/h3-4,7,15H,5-6,8-10H2,1-2H3. The lowest BCUT2D eigenvalue weighted by atomic mass is 9.81. The fraction of sp³-hybridized carbons (Fsp3) is 0.571. The first-order valence-corrected chi connectivity index (χ1v) is 6.44. The number of hydrogen-bond acceptors (Lipinski definition) is 4. The molecule has 1 spiro atoms. The first-order chi connectivity index (χ1) is 8.76. The number of methoxy groups -OCH3 is 2. The number of nitrogens with zero attached hydrogens (tertiary/aromatic N) is 1. The van der Waals surface area contributed by atoms with Crippen molar-refractivity contribution in [3.05, 3.63) is 18.2 Å². The Hall–Kier alpha value is -1.42. The second-order valence-corrected chi connectivity index (χ2v) is 5.31. The third-order valence-electron chi connectivity index (χ3n) is 4.17. The predicted octanol–water partition coefficient (Wildman–Crippen LogP) is 1.50. The quantitative estimate of drug-likeness (QED) is 0.879. The van der Waals surface area contributed by atoms with Gasteiger partial charge in [-0.3, -0.25) is 0 Å². The molecule has 0 unspecified atom stereocenters. The van der Waals surface area contributed by atoms with Crippen LogP contribution in [0.1, 0.15) is 6.42 Å². The van der Waals surface area contributed by atoms with Crippen molar-refractivity contribution in [2.24, 2.45) is 5.41 Å². The van der Waals surface area contributed by atoms with Gasteiger partial charge in [-0.2, -0.15) is 0 Å². The molecule has 0 atom stereocenters. The van der Waals surface area contributed by atoms with Crippen molar-refractivity contribution in [2.45, 2.75) is 6.42 Å². The summed E-state index contributed by atoms with van der Waals surface area (Å²) in [6, 6.07) is 6.06. The summed E-state index contributed by atoms with van der Waals surface area (Å²) in [7, 11) is 3.40. The number of anilines is 1. The van der Waals surface area contributed by atoms with E-state index in [1.54, 1.807) is 14.2 Å². The van der Waals surface area contributed by atoms with E-state index >= 15 is 0 Å². The molecule has 1 N–H and O–H groups in total. The van der Waals surface area contributed by atoms with Gasteiger partial charge >= 0.3 is 0 Å². The van der Waals surface area contributed by atoms with Crippen molar-refractivity contribution in [3.63, 3.8) is 0 Å². The lowest BCUT2D eigenvalue weighted by Gasteiger charge is -2.39. The molecule has 4 heteroatoms. The zero-order chi connectivity index (χ0) is 12.6. The van der Waals surface area contributed by atoms with E-state index in [-0.39, 0.29) is 0 Å². The minimum absolute atomic E-state index is 0.505. The first kappa shape index (κ1) is 11.7. The summed E-state index contributed by atoms with van der Waals surface area (Å²) in [5.74, 6) is 1.74. The van der Waals surface area contributed by atoms with Gasteiger partial charge in [-0.15, -0.1) is 0 Å². The normalized spacial score (nSPS) is 20.9. The summed E-state index contributed by atoms with van der Waals surface area (Å²) in [6.07, 6.45) is 1.27. The fourth-order valence-electron chi connectivity index (χ4n) is 2.95. The number of ether oxygens (including phenoxy) is 2. The van der Waals surface area contributed by atoms with Gasteiger partial charge in [0.2, 0.25) is 0 Å². The average molecular weight is 248 g/mol. The van der Waals surface area contributed by atoms with Crippen LogP contribution >= 0.6 is 0 Å². The molecule has 1 aromatic carbocycles. The van der Waals surface area contributed by atoms with Gasteiger partial charge in [0.15, 0.2) is 0 Å². The Bertz CT molecular complexity index is 443. The minimum atomic E-state index is 0.505. The van der Waals surface area contributed by atoms with Gasteiger partial charge in [0.05, 0.1) is 19.9 Å². The van der Waals surface area contributed by atoms with E-state index in [1.165, 1.54) is 12.1 Å². The molecular formula is C14H20N2O2. The molecule has 98 valence electrons. The van der Waals surface area contributed by atoms with E-state index in [2.05, 4.69) is 16.3 Å². The molecule has 18 heavy (non-hydrogen) atoms. The molecule has 4 nitrogen and oxygen atoms in total. The van der Waals surface area contributed by atoms with Gasteiger partial charge < -0.3 is 19.7 Å². The smallest absolute Gasteiger partial charge is 0.145 e. The molecule has 0 aliphatic carbocycles. The summed E-state index contributed by atoms with van der Waals surface area (Å²) >= 11 is 0. The van der Waals surface area contributed by atoms with Gasteiger partial charge in [-0.1, -0.05) is 0 Å². The van der Waals surface area contributed by atoms with E-state index in [4.69, 9.17) is 9.47 Å². The van der Waals surface area contributed by atoms with E-state index in [0.717, 1.165) is 37.7 Å². The van der Waals surface area contributed by atoms with Crippen LogP contribution in [0.3, 0.4) is 0 Å². The monoisotopic (exact) mass is 248 g/mol. The van der Waals surface area contributed by atoms with Crippen LogP contribution in [0.4, 0.5) is 5.69 Å². The number of benzene rings is 1. The third-order valence-corrected chi connectivity index (χ3v) is 4.17. The van der Waals surface area contributed by atoms with Crippen molar-refractivity contribution in [1.82, 2.24) is 5.32 Å². The fourth-order valence-corrected chi connectivity index (χ4v) is 2.95. The van der Waals surface area contributed by atoms with Crippen molar-refractivity contribution >= 4 is 5.69 Å². The topological polar surface area (TPSA) is 33.7 Å². The zero-order valence-corrected chi connectivity index (χ0v) is 11.0. The maximum Gasteiger partial charge on any atom is 0.145 e. The summed E-state index contributed by atoms with van der Waals surface area (Å²) < 4.78 is 10.7. The van der Waals surface area contributed by atoms with Crippen LogP contribution in [0.2, 0.25) is 0 Å². The summed E-state index contributed by atoms with van der Waals surface area (Å²) in [5, 5.41) is 3.38. The van der Waals surface area contributed by atoms with Gasteiger partial charge in [0.1, 0.15) is 11.5 Å². The van der Waals surface area contributed by atoms with Crippen LogP contribution in [0.15, 0.2) is 18.2 Å². The summed E-state index contributed by atoms with van der Waals surface area (Å²) in [6.45, 7) is 4.55. The highest BCUT2D eigenvalue weighted by molar-refractivity contribution is 5.62. The molecule has 2 saturated heterocycles. The Morgan fingerprint density at radius 1 is 1.22 bits per heavy atom. The van der Waals surface area contributed by atoms with Crippen LogP contribution in [-0.4, -0.2) is 40.4 Å². The van der Waals surface area contributed by atoms with E-state index in [9.17, 15) is 0 Å². The molecule has 0 bridgehead atoms. The molecule has 0 amide bonds. The van der Waals surface area contributed by atoms with Crippen LogP contribution in [0, 0.1) is 5.41 Å². The van der Waals surface area contributed by atoms with E-state index < -0.39 is 0 Å². The predicted molar refractivity (Wildman–Crippen MR) is 71.7 cm³/mol. The van der Waals surface area contributed by atoms with Crippen LogP contribution in [0.5, 0.6) is 11.5 Å². The average Bonchev–Trinajstić information content (AvgIpc) is 2.83. The largest absolute Gasteiger partial charge is 0.497 e. The molecule has 0 radical (unpaired) electrons. The Morgan fingerprint density at radius 2 is 2.06 bits per heavy atom. The molecule has 2 heterocycles. The number of hydrogen-bond donors (Lipinski definition) is 1. The van der Waals surface area contributed by atoms with Gasteiger partial charge in [-0.25, -0.2) is 0 Å². The highest BCUT2D eigenvalue weighted by Gasteiger charge is 2.43. The highest BCUT2D eigenvalue weighted by Crippen LogP contribution is 2.40. The van der Waals surface area contributed by atoms with Gasteiger partial charge in [0.25, 0.3) is 0 Å². The molecule has 0 saturated carbocycles. The maximum absolute atomic E-state index is 5.48. The molecule has 3 rings (SSSR count). The first-order valence-electron chi connectivity index (χ1n) is 6.44. The van der Waals surface area contributed by atoms with Crippen LogP contribution < -0.4 is 19.7 Å². The maximum atomic E-state index is 5.48. The second-order valence-electron chi connectivity index (χ2n) is 5.31. The van der Waals surface area contributed by atoms with Gasteiger partial charge in [-0.05, 0) is 18.6 Å². The Kier molecular flexibility index (Phi) is 2.82. The van der Waals surface area contributed by atoms with Crippen LogP contribution in [0.25, 0.3) is 0 Å². The Morgan fingerprint density at radius 3 is 2.61 bits per heavy atom. The van der Waals surface area contributed by atoms with E-state index in [1.807, 2.05) is 12.1 Å². The van der Waals surface area contributed by atoms with Crippen molar-refractivity contribution in [2.75, 3.05) is 45.3 Å². The molecule has 2 aliphatic rings. The SMILES string of the molecule is COc1ccc(N2CCC3(CNC3)C2)c(OC)c1. The van der Waals surface area contributed by atoms with Crippen LogP contribution in [-0.2, 0) is 0 Å². The van der Waals surface area contributed by atoms with Crippen molar-refractivity contribution in [1.29, 1.82) is 0 Å². The Labute approximate surface area is 108 Å². The zero-order valence-electron chi connectivity index (χ0n) is 11.0.